The van der Waals surface area contributed by atoms with Crippen molar-refractivity contribution in [2.24, 2.45) is 0 Å². The van der Waals surface area contributed by atoms with Crippen LogP contribution in [0.4, 0.5) is 0 Å². The number of unbranched alkanes of at least 4 members (excludes halogenated alkanes) is 1. The fourth-order valence-electron chi connectivity index (χ4n) is 3.05. The van der Waals surface area contributed by atoms with Gasteiger partial charge in [-0.15, -0.1) is 0 Å². The molecule has 0 heterocycles. The predicted molar refractivity (Wildman–Crippen MR) is 105 cm³/mol. The van der Waals surface area contributed by atoms with Crippen molar-refractivity contribution in [3.63, 3.8) is 0 Å². The van der Waals surface area contributed by atoms with Crippen molar-refractivity contribution in [2.75, 3.05) is 0 Å². The molecule has 0 aromatic heterocycles. The topological polar surface area (TPSA) is 120 Å². The number of hydrogen-bond donors (Lipinski definition) is 0. The molecule has 0 saturated heterocycles. The van der Waals surface area contributed by atoms with Crippen molar-refractivity contribution in [2.45, 2.75) is 50.4 Å². The molecule has 0 aliphatic rings. The first-order valence-corrected chi connectivity index (χ1v) is 12.3. The Balaban J connectivity index is 0. The van der Waals surface area contributed by atoms with E-state index in [0.717, 1.165) is 36.0 Å². The molecule has 0 unspecified atom stereocenters. The van der Waals surface area contributed by atoms with E-state index in [1.165, 1.54) is 5.56 Å². The molecule has 0 spiro atoms. The number of benzene rings is 2. The maximum atomic E-state index is 11.0. The second-order valence-electron chi connectivity index (χ2n) is 6.88. The molecular formula is C20H24K3O6PS. The van der Waals surface area contributed by atoms with Gasteiger partial charge >= 0.3 is 154 Å². The molecule has 0 saturated carbocycles. The zero-order valence-electron chi connectivity index (χ0n) is 18.7. The smallest absolute Gasteiger partial charge is 0.810 e. The number of rotatable bonds is 10. The number of hydrogen-bond acceptors (Lipinski definition) is 6. The Kier molecular flexibility index (Phi) is 21.0. The van der Waals surface area contributed by atoms with E-state index in [0.29, 0.717) is 6.42 Å². The molecule has 0 aliphatic heterocycles. The monoisotopic (exact) mass is 540 g/mol. The quantitative estimate of drug-likeness (QED) is 0.168. The summed E-state index contributed by atoms with van der Waals surface area (Å²) in [6, 6.07) is 16.0. The Morgan fingerprint density at radius 1 is 0.806 bits per heavy atom. The zero-order valence-corrected chi connectivity index (χ0v) is 29.8. The molecule has 0 N–H and O–H groups in total. The molecule has 6 nitrogen and oxygen atoms in total. The normalized spacial score (nSPS) is 12.1. The summed E-state index contributed by atoms with van der Waals surface area (Å²) in [5, 5.41) is 0. The summed E-state index contributed by atoms with van der Waals surface area (Å²) in [6.45, 7) is 2.16. The molecule has 11 heteroatoms. The van der Waals surface area contributed by atoms with Gasteiger partial charge in [0.2, 0.25) is 0 Å². The van der Waals surface area contributed by atoms with Gasteiger partial charge in [-0.3, -0.25) is 0 Å². The summed E-state index contributed by atoms with van der Waals surface area (Å²) in [6.07, 6.45) is 3.39. The third-order valence-electron chi connectivity index (χ3n) is 4.66. The van der Waals surface area contributed by atoms with Gasteiger partial charge in [0, 0.05) is 0 Å². The third kappa shape index (κ3) is 13.5. The van der Waals surface area contributed by atoms with Crippen LogP contribution in [0.3, 0.4) is 0 Å². The van der Waals surface area contributed by atoms with E-state index in [1.807, 2.05) is 24.3 Å². The van der Waals surface area contributed by atoms with E-state index >= 15 is 0 Å². The zero-order chi connectivity index (χ0) is 20.8. The molecule has 0 radical (unpaired) electrons. The summed E-state index contributed by atoms with van der Waals surface area (Å²) in [5.41, 5.74) is 4.30. The maximum Gasteiger partial charge on any atom is 1.00 e. The minimum atomic E-state index is -5.48. The van der Waals surface area contributed by atoms with E-state index in [9.17, 15) is 27.3 Å². The first-order valence-electron chi connectivity index (χ1n) is 9.26. The summed E-state index contributed by atoms with van der Waals surface area (Å²) in [5.74, 6) is 0. The van der Waals surface area contributed by atoms with Crippen molar-refractivity contribution in [3.8, 4) is 11.1 Å². The fraction of sp³-hybridized carbons (Fsp3) is 0.400. The van der Waals surface area contributed by atoms with Crippen LogP contribution in [0.5, 0.6) is 0 Å². The number of aryl methyl sites for hydroxylation is 2. The van der Waals surface area contributed by atoms with Gasteiger partial charge in [0.1, 0.15) is 10.1 Å². The van der Waals surface area contributed by atoms with Gasteiger partial charge in [0.15, 0.2) is 0 Å². The fourth-order valence-corrected chi connectivity index (χ4v) is 5.27. The Morgan fingerprint density at radius 2 is 1.19 bits per heavy atom. The molecular weight excluding hydrogens is 517 g/mol. The average Bonchev–Trinajstić information content (AvgIpc) is 2.62. The van der Waals surface area contributed by atoms with Gasteiger partial charge in [-0.05, 0) is 54.4 Å². The van der Waals surface area contributed by atoms with Crippen molar-refractivity contribution >= 4 is 17.7 Å². The Labute approximate surface area is 313 Å². The largest absolute Gasteiger partial charge is 1.00 e. The van der Waals surface area contributed by atoms with Gasteiger partial charge in [-0.2, -0.15) is 0 Å². The summed E-state index contributed by atoms with van der Waals surface area (Å²) in [4.78, 5) is 19.6. The predicted octanol–water partition coefficient (Wildman–Crippen LogP) is -6.18. The van der Waals surface area contributed by atoms with Crippen LogP contribution in [0.15, 0.2) is 48.5 Å². The molecule has 2 aromatic carbocycles. The van der Waals surface area contributed by atoms with Crippen LogP contribution in [-0.2, 0) is 27.5 Å². The van der Waals surface area contributed by atoms with Crippen molar-refractivity contribution in [1.82, 2.24) is 0 Å². The molecule has 31 heavy (non-hydrogen) atoms. The molecule has 0 aliphatic carbocycles. The first kappa shape index (κ1) is 36.6. The average molecular weight is 541 g/mol. The Morgan fingerprint density at radius 3 is 1.52 bits per heavy atom. The summed E-state index contributed by atoms with van der Waals surface area (Å²) >= 11 is 0. The van der Waals surface area contributed by atoms with Crippen LogP contribution in [0.1, 0.15) is 43.7 Å². The minimum Gasteiger partial charge on any atom is -0.810 e. The third-order valence-corrected chi connectivity index (χ3v) is 8.08. The second-order valence-corrected chi connectivity index (χ2v) is 10.5. The van der Waals surface area contributed by atoms with Gasteiger partial charge < -0.3 is 18.9 Å². The molecule has 0 amide bonds. The maximum absolute atomic E-state index is 11.0. The minimum absolute atomic E-state index is 0. The Hall–Kier alpha value is 3.41. The van der Waals surface area contributed by atoms with E-state index in [2.05, 4.69) is 31.2 Å². The van der Waals surface area contributed by atoms with Gasteiger partial charge in [0.05, 0.1) is 4.99 Å². The van der Waals surface area contributed by atoms with E-state index < -0.39 is 29.1 Å². The summed E-state index contributed by atoms with van der Waals surface area (Å²) in [7, 11) is -10.6. The van der Waals surface area contributed by atoms with Crippen LogP contribution >= 0.6 is 7.60 Å². The van der Waals surface area contributed by atoms with Crippen molar-refractivity contribution in [3.05, 3.63) is 59.7 Å². The van der Waals surface area contributed by atoms with Crippen LogP contribution in [0.2, 0.25) is 0 Å². The molecule has 2 rings (SSSR count). The molecule has 1 atom stereocenters. The van der Waals surface area contributed by atoms with E-state index in [1.54, 1.807) is 0 Å². The molecule has 2 aromatic rings. The van der Waals surface area contributed by atoms with Crippen LogP contribution < -0.4 is 164 Å². The van der Waals surface area contributed by atoms with Gasteiger partial charge in [-0.25, -0.2) is 8.42 Å². The van der Waals surface area contributed by atoms with Crippen molar-refractivity contribution < 1.29 is 181 Å². The van der Waals surface area contributed by atoms with E-state index in [-0.39, 0.29) is 161 Å². The summed E-state index contributed by atoms with van der Waals surface area (Å²) < 4.78 is 43.9. The van der Waals surface area contributed by atoms with Gasteiger partial charge in [0.25, 0.3) is 0 Å². The SMILES string of the molecule is CCCCc1ccc(-c2ccc(CCC[C@H](P(=O)([O-])[O-])S(=O)(=O)[O-])cc2)cc1.[K+].[K+].[K+]. The molecule has 0 bridgehead atoms. The van der Waals surface area contributed by atoms with Crippen LogP contribution in [0.25, 0.3) is 11.1 Å². The molecule has 154 valence electrons. The first-order chi connectivity index (χ1) is 13.1. The van der Waals surface area contributed by atoms with Crippen LogP contribution in [0, 0.1) is 0 Å². The standard InChI is InChI=1S/C20H27O6PS.3K/c1-2-3-5-16-8-12-18(13-9-16)19-14-10-17(11-15-19)6-4-7-20(27(21,22)23)28(24,25)26;;;/h8-15,20H,2-7H2,1H3,(H2,21,22,23)(H,24,25,26);;;/q;3*+1/p-3/t20-;;;/m1.../s1. The van der Waals surface area contributed by atoms with E-state index in [4.69, 9.17) is 0 Å². The molecule has 0 fully saturated rings. The van der Waals surface area contributed by atoms with Crippen molar-refractivity contribution in [1.29, 1.82) is 0 Å². The Bertz CT molecular complexity index is 915. The van der Waals surface area contributed by atoms with Crippen LogP contribution in [-0.4, -0.2) is 18.0 Å². The van der Waals surface area contributed by atoms with Gasteiger partial charge in [-0.1, -0.05) is 69.5 Å². The second kappa shape index (κ2) is 17.8.